The van der Waals surface area contributed by atoms with Gasteiger partial charge in [-0.3, -0.25) is 19.3 Å². The number of likely N-dealkylation sites (tertiary alicyclic amines) is 1. The van der Waals surface area contributed by atoms with Crippen LogP contribution in [0.1, 0.15) is 24.0 Å². The third kappa shape index (κ3) is 4.81. The molecule has 3 rings (SSSR count). The van der Waals surface area contributed by atoms with Crippen molar-refractivity contribution in [1.82, 2.24) is 9.55 Å². The first-order chi connectivity index (χ1) is 13.1. The van der Waals surface area contributed by atoms with Crippen LogP contribution in [-0.2, 0) is 13.1 Å². The van der Waals surface area contributed by atoms with Crippen molar-refractivity contribution in [2.45, 2.75) is 32.0 Å². The minimum atomic E-state index is -0.422. The molecule has 7 heteroatoms. The Morgan fingerprint density at radius 1 is 1.33 bits per heavy atom. The molecule has 27 heavy (non-hydrogen) atoms. The van der Waals surface area contributed by atoms with Crippen LogP contribution in [0.3, 0.4) is 0 Å². The Balaban J connectivity index is 1.64. The van der Waals surface area contributed by atoms with Crippen LogP contribution >= 0.6 is 12.2 Å². The summed E-state index contributed by atoms with van der Waals surface area (Å²) >= 11 is 5.08. The quantitative estimate of drug-likeness (QED) is 0.400. The smallest absolute Gasteiger partial charge is 0.264 e. The molecule has 0 bridgehead atoms. The number of hydrogen-bond donors (Lipinski definition) is 3. The number of piperidine rings is 1. The zero-order valence-electron chi connectivity index (χ0n) is 15.2. The van der Waals surface area contributed by atoms with Gasteiger partial charge in [-0.25, -0.2) is 0 Å². The second kappa shape index (κ2) is 8.92. The van der Waals surface area contributed by atoms with E-state index in [1.807, 2.05) is 6.07 Å². The molecule has 0 aliphatic carbocycles. The number of nitrogens with zero attached hydrogens (tertiary/aromatic N) is 2. The maximum atomic E-state index is 12.1. The van der Waals surface area contributed by atoms with E-state index in [1.165, 1.54) is 16.3 Å². The number of quaternary nitrogens is 1. The van der Waals surface area contributed by atoms with E-state index in [0.717, 1.165) is 32.5 Å². The zero-order chi connectivity index (χ0) is 19.2. The van der Waals surface area contributed by atoms with Gasteiger partial charge in [0, 0.05) is 31.2 Å². The minimum Gasteiger partial charge on any atom is -0.494 e. The van der Waals surface area contributed by atoms with Gasteiger partial charge < -0.3 is 10.0 Å². The molecule has 2 aromatic rings. The van der Waals surface area contributed by atoms with Crippen molar-refractivity contribution in [2.75, 3.05) is 13.1 Å². The normalized spacial score (nSPS) is 20.0. The van der Waals surface area contributed by atoms with Crippen LogP contribution in [0.25, 0.3) is 0 Å². The molecule has 1 aliphatic rings. The molecule has 0 unspecified atom stereocenters. The number of aromatic hydroxyl groups is 1. The predicted octanol–water partition coefficient (Wildman–Crippen LogP) is 1.46. The molecule has 3 N–H and O–H groups in total. The molecule has 1 aromatic carbocycles. The van der Waals surface area contributed by atoms with E-state index in [-0.39, 0.29) is 22.3 Å². The van der Waals surface area contributed by atoms with Crippen molar-refractivity contribution in [3.63, 3.8) is 0 Å². The molecule has 2 heterocycles. The molecule has 0 spiro atoms. The number of H-pyrrole nitrogens is 1. The number of rotatable bonds is 6. The maximum Gasteiger partial charge on any atom is 0.264 e. The SMILES string of the molecule is C=CCn1c(O)c(C=NC2CC[NH+](Cc3ccccc3)CC2)c(=O)[nH]c1=S. The summed E-state index contributed by atoms with van der Waals surface area (Å²) in [6.45, 7) is 7.08. The van der Waals surface area contributed by atoms with Gasteiger partial charge in [0.1, 0.15) is 12.1 Å². The molecule has 0 radical (unpaired) electrons. The molecule has 1 aromatic heterocycles. The number of benzene rings is 1. The summed E-state index contributed by atoms with van der Waals surface area (Å²) in [7, 11) is 0. The second-order valence-electron chi connectivity index (χ2n) is 6.82. The predicted molar refractivity (Wildman–Crippen MR) is 109 cm³/mol. The van der Waals surface area contributed by atoms with Gasteiger partial charge in [-0.1, -0.05) is 36.4 Å². The van der Waals surface area contributed by atoms with Gasteiger partial charge in [-0.05, 0) is 12.2 Å². The van der Waals surface area contributed by atoms with Crippen LogP contribution in [0, 0.1) is 4.77 Å². The lowest BCUT2D eigenvalue weighted by Gasteiger charge is -2.27. The van der Waals surface area contributed by atoms with Gasteiger partial charge in [0.15, 0.2) is 4.77 Å². The van der Waals surface area contributed by atoms with Gasteiger partial charge in [-0.15, -0.1) is 6.58 Å². The summed E-state index contributed by atoms with van der Waals surface area (Å²) in [5.74, 6) is -0.167. The highest BCUT2D eigenvalue weighted by Gasteiger charge is 2.21. The summed E-state index contributed by atoms with van der Waals surface area (Å²) < 4.78 is 1.60. The minimum absolute atomic E-state index is 0.143. The van der Waals surface area contributed by atoms with E-state index in [1.54, 1.807) is 11.0 Å². The van der Waals surface area contributed by atoms with Crippen LogP contribution in [0.4, 0.5) is 0 Å². The number of nitrogens with one attached hydrogen (secondary N) is 2. The number of aliphatic imine (C=N–C) groups is 1. The Morgan fingerprint density at radius 3 is 2.70 bits per heavy atom. The zero-order valence-corrected chi connectivity index (χ0v) is 16.0. The fraction of sp³-hybridized carbons (Fsp3) is 0.350. The molecule has 6 nitrogen and oxygen atoms in total. The summed E-state index contributed by atoms with van der Waals surface area (Å²) in [6, 6.07) is 10.7. The third-order valence-corrected chi connectivity index (χ3v) is 5.21. The van der Waals surface area contributed by atoms with E-state index in [0.29, 0.717) is 6.54 Å². The maximum absolute atomic E-state index is 12.1. The van der Waals surface area contributed by atoms with Gasteiger partial charge in [0.05, 0.1) is 19.1 Å². The fourth-order valence-corrected chi connectivity index (χ4v) is 3.64. The van der Waals surface area contributed by atoms with Gasteiger partial charge in [-0.2, -0.15) is 0 Å². The monoisotopic (exact) mass is 385 g/mol. The highest BCUT2D eigenvalue weighted by Crippen LogP contribution is 2.13. The molecular weight excluding hydrogens is 360 g/mol. The van der Waals surface area contributed by atoms with E-state index in [4.69, 9.17) is 12.2 Å². The van der Waals surface area contributed by atoms with Gasteiger partial charge in [0.25, 0.3) is 5.56 Å². The van der Waals surface area contributed by atoms with Crippen LogP contribution in [0.2, 0.25) is 0 Å². The van der Waals surface area contributed by atoms with Crippen LogP contribution in [0.15, 0.2) is 52.8 Å². The molecule has 1 saturated heterocycles. The molecule has 0 atom stereocenters. The van der Waals surface area contributed by atoms with E-state index in [2.05, 4.69) is 40.8 Å². The Labute approximate surface area is 163 Å². The number of allylic oxidation sites excluding steroid dienone is 1. The fourth-order valence-electron chi connectivity index (χ4n) is 3.39. The molecule has 1 fully saturated rings. The summed E-state index contributed by atoms with van der Waals surface area (Å²) in [4.78, 5) is 20.8. The van der Waals surface area contributed by atoms with Crippen molar-refractivity contribution in [3.05, 3.63) is 69.2 Å². The standard InChI is InChI=1S/C20H24N4O2S/c1-2-10-24-19(26)17(18(25)22-20(24)27)13-21-16-8-11-23(12-9-16)14-15-6-4-3-5-7-15/h2-7,13,16,26H,1,8-12,14H2,(H,22,25,27)/p+1. The average molecular weight is 386 g/mol. The lowest BCUT2D eigenvalue weighted by molar-refractivity contribution is -0.918. The van der Waals surface area contributed by atoms with Crippen molar-refractivity contribution < 1.29 is 10.0 Å². The van der Waals surface area contributed by atoms with Crippen molar-refractivity contribution in [1.29, 1.82) is 0 Å². The lowest BCUT2D eigenvalue weighted by atomic mass is 10.0. The first-order valence-corrected chi connectivity index (χ1v) is 9.57. The molecule has 0 amide bonds. The Kier molecular flexibility index (Phi) is 6.36. The number of aromatic amines is 1. The number of hydrogen-bond acceptors (Lipinski definition) is 4. The van der Waals surface area contributed by atoms with E-state index < -0.39 is 5.56 Å². The number of aromatic nitrogens is 2. The van der Waals surface area contributed by atoms with Gasteiger partial charge in [0.2, 0.25) is 5.88 Å². The first-order valence-electron chi connectivity index (χ1n) is 9.16. The van der Waals surface area contributed by atoms with Crippen molar-refractivity contribution in [3.8, 4) is 5.88 Å². The van der Waals surface area contributed by atoms with E-state index in [9.17, 15) is 9.90 Å². The summed E-state index contributed by atoms with van der Waals surface area (Å²) in [6.07, 6.45) is 5.02. The van der Waals surface area contributed by atoms with Crippen LogP contribution < -0.4 is 10.5 Å². The summed E-state index contributed by atoms with van der Waals surface area (Å²) in [5.41, 5.74) is 1.07. The van der Waals surface area contributed by atoms with E-state index >= 15 is 0 Å². The Morgan fingerprint density at radius 2 is 2.04 bits per heavy atom. The Hall–Kier alpha value is -2.51. The molecule has 1 aliphatic heterocycles. The highest BCUT2D eigenvalue weighted by molar-refractivity contribution is 7.71. The first kappa shape index (κ1) is 19.3. The molecule has 0 saturated carbocycles. The highest BCUT2D eigenvalue weighted by atomic mass is 32.1. The van der Waals surface area contributed by atoms with Gasteiger partial charge >= 0.3 is 0 Å². The van der Waals surface area contributed by atoms with Crippen LogP contribution in [0.5, 0.6) is 5.88 Å². The Bertz CT molecular complexity index is 925. The third-order valence-electron chi connectivity index (χ3n) is 4.89. The van der Waals surface area contributed by atoms with Crippen LogP contribution in [-0.4, -0.2) is 40.0 Å². The van der Waals surface area contributed by atoms with Crippen molar-refractivity contribution >= 4 is 18.4 Å². The largest absolute Gasteiger partial charge is 0.494 e. The average Bonchev–Trinajstić information content (AvgIpc) is 2.67. The second-order valence-corrected chi connectivity index (χ2v) is 7.20. The summed E-state index contributed by atoms with van der Waals surface area (Å²) in [5, 5.41) is 10.4. The topological polar surface area (TPSA) is 74.8 Å². The lowest BCUT2D eigenvalue weighted by Crippen LogP contribution is -3.12. The molecule has 142 valence electrons. The van der Waals surface area contributed by atoms with Crippen molar-refractivity contribution in [2.24, 2.45) is 4.99 Å². The molecular formula is C20H25N4O2S+.